The Balaban J connectivity index is 2.49. The Bertz CT molecular complexity index is 309. The molecule has 1 amide bonds. The summed E-state index contributed by atoms with van der Waals surface area (Å²) in [4.78, 5) is 10.7. The van der Waals surface area contributed by atoms with Crippen LogP contribution in [0.1, 0.15) is 13.8 Å². The highest BCUT2D eigenvalue weighted by molar-refractivity contribution is 5.72. The fraction of sp³-hybridized carbons (Fsp3) is 0.500. The van der Waals surface area contributed by atoms with Crippen molar-refractivity contribution in [2.24, 2.45) is 17.4 Å². The number of rotatable bonds is 3. The van der Waals surface area contributed by atoms with Gasteiger partial charge in [0.15, 0.2) is 0 Å². The fourth-order valence-electron chi connectivity index (χ4n) is 1.62. The van der Waals surface area contributed by atoms with Gasteiger partial charge in [-0.05, 0) is 12.0 Å². The number of carbonyl (C=O) groups excluding carboxylic acids is 1. The van der Waals surface area contributed by atoms with Crippen molar-refractivity contribution in [1.82, 2.24) is 10.6 Å². The Morgan fingerprint density at radius 1 is 1.53 bits per heavy atom. The van der Waals surface area contributed by atoms with Gasteiger partial charge in [0, 0.05) is 18.3 Å². The molecule has 0 aliphatic heterocycles. The molecule has 2 unspecified atom stereocenters. The Morgan fingerprint density at radius 2 is 2.20 bits per heavy atom. The second-order valence-corrected chi connectivity index (χ2v) is 3.76. The van der Waals surface area contributed by atoms with Crippen molar-refractivity contribution < 1.29 is 4.79 Å². The predicted molar refractivity (Wildman–Crippen MR) is 59.3 cm³/mol. The lowest BCUT2D eigenvalue weighted by Crippen LogP contribution is -2.45. The van der Waals surface area contributed by atoms with Crippen LogP contribution in [0.25, 0.3) is 0 Å². The van der Waals surface area contributed by atoms with Crippen LogP contribution in [0.5, 0.6) is 0 Å². The maximum Gasteiger partial charge on any atom is 0.217 e. The number of allylic oxidation sites excluding steroid dienone is 1. The first-order valence-corrected chi connectivity index (χ1v) is 4.93. The molecule has 0 aromatic rings. The molecule has 1 aliphatic rings. The van der Waals surface area contributed by atoms with Gasteiger partial charge >= 0.3 is 0 Å². The smallest absolute Gasteiger partial charge is 0.217 e. The van der Waals surface area contributed by atoms with Gasteiger partial charge in [0.25, 0.3) is 0 Å². The van der Waals surface area contributed by atoms with Gasteiger partial charge in [0.1, 0.15) is 0 Å². The molecule has 0 saturated carbocycles. The third kappa shape index (κ3) is 3.28. The van der Waals surface area contributed by atoms with Gasteiger partial charge < -0.3 is 16.8 Å². The quantitative estimate of drug-likeness (QED) is 0.467. The van der Waals surface area contributed by atoms with Crippen LogP contribution in [-0.4, -0.2) is 18.6 Å². The second kappa shape index (κ2) is 4.84. The lowest BCUT2D eigenvalue weighted by Gasteiger charge is -2.27. The molecule has 0 fully saturated rings. The maximum absolute atomic E-state index is 10.7. The van der Waals surface area contributed by atoms with Crippen LogP contribution in [-0.2, 0) is 4.79 Å². The summed E-state index contributed by atoms with van der Waals surface area (Å²) in [7, 11) is 0. The summed E-state index contributed by atoms with van der Waals surface area (Å²) in [5.74, 6) is 0.160. The van der Waals surface area contributed by atoms with Crippen LogP contribution in [0.4, 0.5) is 0 Å². The van der Waals surface area contributed by atoms with Crippen molar-refractivity contribution in [3.63, 3.8) is 0 Å². The fourth-order valence-corrected chi connectivity index (χ4v) is 1.62. The third-order valence-corrected chi connectivity index (χ3v) is 2.33. The number of hydrogen-bond acceptors (Lipinski definition) is 4. The molecule has 0 aromatic carbocycles. The topological polar surface area (TPSA) is 93.2 Å². The monoisotopic (exact) mass is 210 g/mol. The minimum absolute atomic E-state index is 0.0316. The molecule has 15 heavy (non-hydrogen) atoms. The van der Waals surface area contributed by atoms with Crippen molar-refractivity contribution in [1.29, 1.82) is 0 Å². The Labute approximate surface area is 89.6 Å². The zero-order valence-electron chi connectivity index (χ0n) is 9.08. The average Bonchev–Trinajstić information content (AvgIpc) is 2.08. The maximum atomic E-state index is 10.7. The summed E-state index contributed by atoms with van der Waals surface area (Å²) in [6, 6.07) is 0.0316. The normalized spacial score (nSPS) is 25.5. The van der Waals surface area contributed by atoms with E-state index in [-0.39, 0.29) is 17.9 Å². The average molecular weight is 210 g/mol. The number of hydrogen-bond donors (Lipinski definition) is 4. The molecule has 5 heteroatoms. The van der Waals surface area contributed by atoms with Gasteiger partial charge in [-0.3, -0.25) is 10.1 Å². The second-order valence-electron chi connectivity index (χ2n) is 3.76. The molecule has 1 aliphatic carbocycles. The van der Waals surface area contributed by atoms with E-state index in [9.17, 15) is 4.79 Å². The summed E-state index contributed by atoms with van der Waals surface area (Å²) < 4.78 is 0. The standard InChI is InChI=1S/C10H18N4O/c1-6-3-8(11)4-9(12)10(6)14-5-13-7(2)15/h3-4,6,10,14H,5,11-12H2,1-2H3,(H,13,15). The number of nitrogens with two attached hydrogens (primary N) is 2. The highest BCUT2D eigenvalue weighted by Crippen LogP contribution is 2.17. The first kappa shape index (κ1) is 11.6. The summed E-state index contributed by atoms with van der Waals surface area (Å²) in [5, 5.41) is 5.81. The van der Waals surface area contributed by atoms with Crippen LogP contribution in [0.3, 0.4) is 0 Å². The van der Waals surface area contributed by atoms with E-state index in [1.807, 2.05) is 13.0 Å². The first-order valence-electron chi connectivity index (χ1n) is 4.93. The lowest BCUT2D eigenvalue weighted by atomic mass is 9.93. The largest absolute Gasteiger partial charge is 0.401 e. The number of carbonyl (C=O) groups is 1. The molecule has 0 spiro atoms. The van der Waals surface area contributed by atoms with E-state index in [4.69, 9.17) is 11.5 Å². The highest BCUT2D eigenvalue weighted by Gasteiger charge is 2.21. The Hall–Kier alpha value is -1.49. The molecule has 0 radical (unpaired) electrons. The minimum atomic E-state index is -0.0661. The Morgan fingerprint density at radius 3 is 2.73 bits per heavy atom. The molecule has 84 valence electrons. The van der Waals surface area contributed by atoms with Crippen molar-refractivity contribution >= 4 is 5.91 Å². The van der Waals surface area contributed by atoms with E-state index in [0.717, 1.165) is 0 Å². The summed E-state index contributed by atoms with van der Waals surface area (Å²) >= 11 is 0. The SMILES string of the molecule is CC(=O)NCNC1C(N)=CC(N)=CC1C. The van der Waals surface area contributed by atoms with Crippen molar-refractivity contribution in [2.75, 3.05) is 6.67 Å². The van der Waals surface area contributed by atoms with Crippen molar-refractivity contribution in [3.8, 4) is 0 Å². The summed E-state index contributed by atoms with van der Waals surface area (Å²) in [6.45, 7) is 3.91. The van der Waals surface area contributed by atoms with Gasteiger partial charge in [0.05, 0.1) is 12.7 Å². The molecule has 6 N–H and O–H groups in total. The molecule has 0 aromatic heterocycles. The minimum Gasteiger partial charge on any atom is -0.401 e. The van der Waals surface area contributed by atoms with Gasteiger partial charge in [-0.25, -0.2) is 0 Å². The zero-order chi connectivity index (χ0) is 11.4. The predicted octanol–water partition coefficient (Wildman–Crippen LogP) is -0.627. The number of nitrogens with one attached hydrogen (secondary N) is 2. The molecular formula is C10H18N4O. The van der Waals surface area contributed by atoms with Crippen molar-refractivity contribution in [2.45, 2.75) is 19.9 Å². The summed E-state index contributed by atoms with van der Waals surface area (Å²) in [6.07, 6.45) is 3.69. The molecule has 0 saturated heterocycles. The number of amides is 1. The van der Waals surface area contributed by atoms with Crippen LogP contribution >= 0.6 is 0 Å². The molecule has 0 bridgehead atoms. The van der Waals surface area contributed by atoms with Gasteiger partial charge in [-0.1, -0.05) is 13.0 Å². The van der Waals surface area contributed by atoms with Gasteiger partial charge in [0.2, 0.25) is 5.91 Å². The molecule has 2 atom stereocenters. The van der Waals surface area contributed by atoms with E-state index < -0.39 is 0 Å². The molecule has 5 nitrogen and oxygen atoms in total. The Kier molecular flexibility index (Phi) is 3.74. The molecule has 0 heterocycles. The summed E-state index contributed by atoms with van der Waals surface area (Å²) in [5.41, 5.74) is 12.9. The highest BCUT2D eigenvalue weighted by atomic mass is 16.1. The first-order chi connectivity index (χ1) is 7.00. The van der Waals surface area contributed by atoms with Crippen LogP contribution in [0, 0.1) is 5.92 Å². The van der Waals surface area contributed by atoms with Crippen LogP contribution in [0.2, 0.25) is 0 Å². The van der Waals surface area contributed by atoms with Gasteiger partial charge in [-0.15, -0.1) is 0 Å². The van der Waals surface area contributed by atoms with Gasteiger partial charge in [-0.2, -0.15) is 0 Å². The van der Waals surface area contributed by atoms with E-state index in [0.29, 0.717) is 18.1 Å². The third-order valence-electron chi connectivity index (χ3n) is 2.33. The van der Waals surface area contributed by atoms with E-state index in [1.54, 1.807) is 6.08 Å². The van der Waals surface area contributed by atoms with Crippen LogP contribution < -0.4 is 22.1 Å². The molecular weight excluding hydrogens is 192 g/mol. The van der Waals surface area contributed by atoms with Crippen LogP contribution in [0.15, 0.2) is 23.5 Å². The van der Waals surface area contributed by atoms with E-state index >= 15 is 0 Å². The van der Waals surface area contributed by atoms with E-state index in [2.05, 4.69) is 10.6 Å². The van der Waals surface area contributed by atoms with E-state index in [1.165, 1.54) is 6.92 Å². The zero-order valence-corrected chi connectivity index (χ0v) is 9.08. The molecule has 1 rings (SSSR count). The van der Waals surface area contributed by atoms with Crippen molar-refractivity contribution in [3.05, 3.63) is 23.5 Å². The lowest BCUT2D eigenvalue weighted by molar-refractivity contribution is -0.119.